The molecule has 2 fully saturated rings. The van der Waals surface area contributed by atoms with Crippen LogP contribution in [-0.4, -0.2) is 89.8 Å². The van der Waals surface area contributed by atoms with E-state index in [9.17, 15) is 4.79 Å². The molecule has 3 rings (SSSR count). The summed E-state index contributed by atoms with van der Waals surface area (Å²) in [6, 6.07) is 0. The third-order valence-electron chi connectivity index (χ3n) is 4.11. The highest BCUT2D eigenvalue weighted by Crippen LogP contribution is 2.08. The van der Waals surface area contributed by atoms with Crippen LogP contribution in [0, 0.1) is 6.92 Å². The number of morpholine rings is 1. The standard InChI is InChI=1S/C14H23N5O3/c1-12-15-16-13(22-12)10-17-2-4-19(5-3-17)14(20)11-18-6-8-21-9-7-18/h2-11H2,1H3. The number of hydrogen-bond donors (Lipinski definition) is 0. The van der Waals surface area contributed by atoms with E-state index in [-0.39, 0.29) is 5.91 Å². The van der Waals surface area contributed by atoms with Gasteiger partial charge in [0.15, 0.2) is 0 Å². The maximum Gasteiger partial charge on any atom is 0.236 e. The van der Waals surface area contributed by atoms with Gasteiger partial charge >= 0.3 is 0 Å². The van der Waals surface area contributed by atoms with E-state index in [0.717, 1.165) is 52.5 Å². The van der Waals surface area contributed by atoms with Crippen molar-refractivity contribution in [3.8, 4) is 0 Å². The number of rotatable bonds is 4. The van der Waals surface area contributed by atoms with Gasteiger partial charge in [-0.1, -0.05) is 0 Å². The molecule has 0 radical (unpaired) electrons. The Balaban J connectivity index is 1.41. The number of piperazine rings is 1. The molecular formula is C14H23N5O3. The highest BCUT2D eigenvalue weighted by atomic mass is 16.5. The van der Waals surface area contributed by atoms with E-state index in [1.807, 2.05) is 4.90 Å². The largest absolute Gasteiger partial charge is 0.424 e. The van der Waals surface area contributed by atoms with E-state index >= 15 is 0 Å². The van der Waals surface area contributed by atoms with Gasteiger partial charge in [-0.05, 0) is 0 Å². The normalized spacial score (nSPS) is 21.2. The molecule has 0 aromatic carbocycles. The lowest BCUT2D eigenvalue weighted by Crippen LogP contribution is -2.52. The minimum atomic E-state index is 0.218. The summed E-state index contributed by atoms with van der Waals surface area (Å²) in [7, 11) is 0. The van der Waals surface area contributed by atoms with Gasteiger partial charge < -0.3 is 14.1 Å². The number of carbonyl (C=O) groups excluding carboxylic acids is 1. The van der Waals surface area contributed by atoms with Gasteiger partial charge in [-0.15, -0.1) is 10.2 Å². The van der Waals surface area contributed by atoms with E-state index < -0.39 is 0 Å². The van der Waals surface area contributed by atoms with Gasteiger partial charge in [0.1, 0.15) is 0 Å². The number of aromatic nitrogens is 2. The lowest BCUT2D eigenvalue weighted by Gasteiger charge is -2.35. The molecule has 1 aromatic heterocycles. The lowest BCUT2D eigenvalue weighted by molar-refractivity contribution is -0.135. The van der Waals surface area contributed by atoms with Gasteiger partial charge in [0.25, 0.3) is 0 Å². The van der Waals surface area contributed by atoms with Crippen molar-refractivity contribution in [2.75, 3.05) is 59.0 Å². The Kier molecular flexibility index (Phi) is 5.01. The van der Waals surface area contributed by atoms with Gasteiger partial charge in [-0.25, -0.2) is 0 Å². The van der Waals surface area contributed by atoms with Crippen molar-refractivity contribution < 1.29 is 13.9 Å². The van der Waals surface area contributed by atoms with Crippen LogP contribution in [0.1, 0.15) is 11.8 Å². The molecule has 0 N–H and O–H groups in total. The lowest BCUT2D eigenvalue weighted by atomic mass is 10.3. The number of ether oxygens (including phenoxy) is 1. The average Bonchev–Trinajstić information content (AvgIpc) is 2.94. The zero-order valence-corrected chi connectivity index (χ0v) is 13.0. The smallest absolute Gasteiger partial charge is 0.236 e. The van der Waals surface area contributed by atoms with Crippen LogP contribution in [0.3, 0.4) is 0 Å². The van der Waals surface area contributed by atoms with E-state index in [1.54, 1.807) is 6.92 Å². The Labute approximate surface area is 130 Å². The third kappa shape index (κ3) is 4.02. The summed E-state index contributed by atoms with van der Waals surface area (Å²) >= 11 is 0. The fourth-order valence-corrected chi connectivity index (χ4v) is 2.80. The predicted molar refractivity (Wildman–Crippen MR) is 78.2 cm³/mol. The molecule has 2 aliphatic rings. The summed E-state index contributed by atoms with van der Waals surface area (Å²) in [6.07, 6.45) is 0. The summed E-state index contributed by atoms with van der Waals surface area (Å²) in [5, 5.41) is 7.85. The number of hydrogen-bond acceptors (Lipinski definition) is 7. The van der Waals surface area contributed by atoms with Gasteiger partial charge in [0, 0.05) is 46.2 Å². The molecule has 8 heteroatoms. The predicted octanol–water partition coefficient (Wildman–Crippen LogP) is -0.646. The molecule has 2 aliphatic heterocycles. The molecule has 0 atom stereocenters. The Morgan fingerprint density at radius 3 is 2.41 bits per heavy atom. The first kappa shape index (κ1) is 15.4. The van der Waals surface area contributed by atoms with Gasteiger partial charge in [-0.2, -0.15) is 0 Å². The molecule has 1 aromatic rings. The van der Waals surface area contributed by atoms with Crippen molar-refractivity contribution in [1.29, 1.82) is 0 Å². The van der Waals surface area contributed by atoms with Crippen LogP contribution < -0.4 is 0 Å². The molecule has 22 heavy (non-hydrogen) atoms. The first-order valence-corrected chi connectivity index (χ1v) is 7.80. The topological polar surface area (TPSA) is 74.9 Å². The molecule has 2 saturated heterocycles. The van der Waals surface area contributed by atoms with Crippen LogP contribution in [0.25, 0.3) is 0 Å². The summed E-state index contributed by atoms with van der Waals surface area (Å²) in [6.45, 7) is 9.32. The Morgan fingerprint density at radius 2 is 1.77 bits per heavy atom. The monoisotopic (exact) mass is 309 g/mol. The third-order valence-corrected chi connectivity index (χ3v) is 4.11. The van der Waals surface area contributed by atoms with Crippen LogP contribution in [0.4, 0.5) is 0 Å². The highest BCUT2D eigenvalue weighted by Gasteiger charge is 2.24. The quantitative estimate of drug-likeness (QED) is 0.732. The fraction of sp³-hybridized carbons (Fsp3) is 0.786. The maximum atomic E-state index is 12.3. The van der Waals surface area contributed by atoms with Crippen LogP contribution in [0.2, 0.25) is 0 Å². The summed E-state index contributed by atoms with van der Waals surface area (Å²) in [5.41, 5.74) is 0. The number of nitrogens with zero attached hydrogens (tertiary/aromatic N) is 5. The Hall–Kier alpha value is -1.51. The second-order valence-corrected chi connectivity index (χ2v) is 5.76. The fourth-order valence-electron chi connectivity index (χ4n) is 2.80. The number of amides is 1. The molecule has 8 nitrogen and oxygen atoms in total. The molecular weight excluding hydrogens is 286 g/mol. The van der Waals surface area contributed by atoms with Gasteiger partial charge in [0.2, 0.25) is 17.7 Å². The van der Waals surface area contributed by atoms with E-state index in [2.05, 4.69) is 20.0 Å². The van der Waals surface area contributed by atoms with Crippen LogP contribution in [0.5, 0.6) is 0 Å². The molecule has 0 spiro atoms. The SMILES string of the molecule is Cc1nnc(CN2CCN(C(=O)CN3CCOCC3)CC2)o1. The highest BCUT2D eigenvalue weighted by molar-refractivity contribution is 5.78. The summed E-state index contributed by atoms with van der Waals surface area (Å²) in [4.78, 5) is 18.7. The minimum Gasteiger partial charge on any atom is -0.424 e. The Morgan fingerprint density at radius 1 is 1.05 bits per heavy atom. The summed E-state index contributed by atoms with van der Waals surface area (Å²) in [5.74, 6) is 1.45. The van der Waals surface area contributed by atoms with Gasteiger partial charge in [-0.3, -0.25) is 14.6 Å². The van der Waals surface area contributed by atoms with Crippen molar-refractivity contribution in [2.24, 2.45) is 0 Å². The first-order valence-electron chi connectivity index (χ1n) is 7.80. The van der Waals surface area contributed by atoms with Gasteiger partial charge in [0.05, 0.1) is 26.3 Å². The molecule has 0 aliphatic carbocycles. The molecule has 0 unspecified atom stereocenters. The number of aryl methyl sites for hydroxylation is 1. The van der Waals surface area contributed by atoms with E-state index in [0.29, 0.717) is 24.9 Å². The van der Waals surface area contributed by atoms with Crippen molar-refractivity contribution in [3.63, 3.8) is 0 Å². The molecule has 3 heterocycles. The molecule has 0 bridgehead atoms. The van der Waals surface area contributed by atoms with E-state index in [4.69, 9.17) is 9.15 Å². The molecule has 0 saturated carbocycles. The number of carbonyl (C=O) groups is 1. The average molecular weight is 309 g/mol. The van der Waals surface area contributed by atoms with Crippen molar-refractivity contribution in [1.82, 2.24) is 24.9 Å². The van der Waals surface area contributed by atoms with Crippen LogP contribution in [0.15, 0.2) is 4.42 Å². The Bertz CT molecular complexity index is 492. The second kappa shape index (κ2) is 7.17. The minimum absolute atomic E-state index is 0.218. The van der Waals surface area contributed by atoms with E-state index in [1.165, 1.54) is 0 Å². The second-order valence-electron chi connectivity index (χ2n) is 5.76. The van der Waals surface area contributed by atoms with Crippen molar-refractivity contribution in [2.45, 2.75) is 13.5 Å². The zero-order chi connectivity index (χ0) is 15.4. The van der Waals surface area contributed by atoms with Crippen LogP contribution >= 0.6 is 0 Å². The van der Waals surface area contributed by atoms with Crippen LogP contribution in [-0.2, 0) is 16.1 Å². The first-order chi connectivity index (χ1) is 10.7. The van der Waals surface area contributed by atoms with Crippen molar-refractivity contribution in [3.05, 3.63) is 11.8 Å². The zero-order valence-electron chi connectivity index (χ0n) is 13.0. The molecule has 1 amide bonds. The summed E-state index contributed by atoms with van der Waals surface area (Å²) < 4.78 is 10.7. The van der Waals surface area contributed by atoms with Crippen molar-refractivity contribution >= 4 is 5.91 Å². The maximum absolute atomic E-state index is 12.3. The molecule has 122 valence electrons.